The summed E-state index contributed by atoms with van der Waals surface area (Å²) in [6, 6.07) is 6.53. The molecule has 1 unspecified atom stereocenters. The average molecular weight is 253 g/mol. The molecule has 1 spiro atoms. The molecule has 1 heterocycles. The van der Waals surface area contributed by atoms with Gasteiger partial charge in [-0.05, 0) is 36.6 Å². The summed E-state index contributed by atoms with van der Waals surface area (Å²) in [5.74, 6) is 0. The first-order valence-electron chi connectivity index (χ1n) is 5.00. The minimum absolute atomic E-state index is 0.219. The highest BCUT2D eigenvalue weighted by molar-refractivity contribution is 9.10. The van der Waals surface area contributed by atoms with E-state index in [9.17, 15) is 0 Å². The number of halogens is 1. The third-order valence-corrected chi connectivity index (χ3v) is 4.02. The van der Waals surface area contributed by atoms with Gasteiger partial charge in [-0.2, -0.15) is 0 Å². The average Bonchev–Trinajstić information content (AvgIpc) is 2.94. The van der Waals surface area contributed by atoms with Gasteiger partial charge in [0.25, 0.3) is 0 Å². The molecule has 2 aliphatic rings. The van der Waals surface area contributed by atoms with Crippen molar-refractivity contribution in [2.45, 2.75) is 18.9 Å². The number of benzene rings is 1. The first-order valence-corrected chi connectivity index (χ1v) is 5.79. The standard InChI is InChI=1S/C11H13BrN2/c12-7-1-2-9-8(5-7)10(13)11(3-4-11)6-14-9/h1-2,5,10,14H,3-4,6,13H2. The zero-order valence-corrected chi connectivity index (χ0v) is 9.47. The van der Waals surface area contributed by atoms with Crippen molar-refractivity contribution < 1.29 is 0 Å². The number of anilines is 1. The van der Waals surface area contributed by atoms with E-state index < -0.39 is 0 Å². The molecule has 3 heteroatoms. The highest BCUT2D eigenvalue weighted by Gasteiger charge is 2.50. The lowest BCUT2D eigenvalue weighted by Crippen LogP contribution is -2.34. The van der Waals surface area contributed by atoms with E-state index >= 15 is 0 Å². The highest BCUT2D eigenvalue weighted by atomic mass is 79.9. The molecule has 3 rings (SSSR count). The Labute approximate surface area is 92.0 Å². The van der Waals surface area contributed by atoms with Crippen LogP contribution in [0.1, 0.15) is 24.4 Å². The fourth-order valence-electron chi connectivity index (χ4n) is 2.31. The Bertz CT molecular complexity index is 385. The summed E-state index contributed by atoms with van der Waals surface area (Å²) in [4.78, 5) is 0. The van der Waals surface area contributed by atoms with Gasteiger partial charge in [0.1, 0.15) is 0 Å². The zero-order valence-electron chi connectivity index (χ0n) is 7.89. The van der Waals surface area contributed by atoms with E-state index in [-0.39, 0.29) is 6.04 Å². The Balaban J connectivity index is 2.09. The van der Waals surface area contributed by atoms with Crippen LogP contribution in [0.2, 0.25) is 0 Å². The largest absolute Gasteiger partial charge is 0.384 e. The summed E-state index contributed by atoms with van der Waals surface area (Å²) >= 11 is 3.49. The second-order valence-corrected chi connectivity index (χ2v) is 5.34. The summed E-state index contributed by atoms with van der Waals surface area (Å²) in [7, 11) is 0. The van der Waals surface area contributed by atoms with Gasteiger partial charge in [0, 0.05) is 28.2 Å². The van der Waals surface area contributed by atoms with Crippen LogP contribution in [0, 0.1) is 5.41 Å². The monoisotopic (exact) mass is 252 g/mol. The molecule has 0 amide bonds. The predicted octanol–water partition coefficient (Wildman–Crippen LogP) is 2.65. The Morgan fingerprint density at radius 2 is 2.21 bits per heavy atom. The second kappa shape index (κ2) is 2.74. The van der Waals surface area contributed by atoms with Crippen LogP contribution >= 0.6 is 15.9 Å². The van der Waals surface area contributed by atoms with E-state index in [0.717, 1.165) is 11.0 Å². The molecule has 1 aromatic rings. The van der Waals surface area contributed by atoms with Crippen molar-refractivity contribution in [2.24, 2.45) is 11.1 Å². The van der Waals surface area contributed by atoms with Gasteiger partial charge in [0.2, 0.25) is 0 Å². The number of rotatable bonds is 0. The van der Waals surface area contributed by atoms with Gasteiger partial charge < -0.3 is 11.1 Å². The fourth-order valence-corrected chi connectivity index (χ4v) is 2.69. The van der Waals surface area contributed by atoms with Gasteiger partial charge in [-0.15, -0.1) is 0 Å². The van der Waals surface area contributed by atoms with E-state index in [2.05, 4.69) is 39.4 Å². The molecule has 1 aliphatic heterocycles. The van der Waals surface area contributed by atoms with Crippen molar-refractivity contribution in [3.8, 4) is 0 Å². The molecule has 3 N–H and O–H groups in total. The van der Waals surface area contributed by atoms with Gasteiger partial charge in [0.15, 0.2) is 0 Å². The summed E-state index contributed by atoms with van der Waals surface area (Å²) in [6.07, 6.45) is 2.54. The summed E-state index contributed by atoms with van der Waals surface area (Å²) in [5, 5.41) is 3.47. The predicted molar refractivity (Wildman–Crippen MR) is 61.2 cm³/mol. The van der Waals surface area contributed by atoms with E-state index in [1.54, 1.807) is 0 Å². The molecule has 1 fully saturated rings. The molecule has 0 aromatic heterocycles. The zero-order chi connectivity index (χ0) is 9.76. The summed E-state index contributed by atoms with van der Waals surface area (Å²) in [6.45, 7) is 1.04. The van der Waals surface area contributed by atoms with Gasteiger partial charge in [0.05, 0.1) is 0 Å². The smallest absolute Gasteiger partial charge is 0.0390 e. The normalized spacial score (nSPS) is 26.9. The molecule has 1 atom stereocenters. The van der Waals surface area contributed by atoms with Crippen LogP contribution in [-0.2, 0) is 0 Å². The van der Waals surface area contributed by atoms with E-state index in [0.29, 0.717) is 5.41 Å². The van der Waals surface area contributed by atoms with Crippen LogP contribution in [0.3, 0.4) is 0 Å². The molecular weight excluding hydrogens is 240 g/mol. The van der Waals surface area contributed by atoms with Crippen molar-refractivity contribution >= 4 is 21.6 Å². The molecule has 0 saturated heterocycles. The van der Waals surface area contributed by atoms with Crippen molar-refractivity contribution in [3.63, 3.8) is 0 Å². The number of fused-ring (bicyclic) bond motifs is 1. The van der Waals surface area contributed by atoms with Gasteiger partial charge in [-0.25, -0.2) is 0 Å². The Hall–Kier alpha value is -0.540. The molecule has 2 nitrogen and oxygen atoms in total. The topological polar surface area (TPSA) is 38.0 Å². The number of hydrogen-bond acceptors (Lipinski definition) is 2. The van der Waals surface area contributed by atoms with Gasteiger partial charge >= 0.3 is 0 Å². The summed E-state index contributed by atoms with van der Waals surface area (Å²) in [5.41, 5.74) is 9.14. The van der Waals surface area contributed by atoms with Crippen LogP contribution in [0.25, 0.3) is 0 Å². The third-order valence-electron chi connectivity index (χ3n) is 3.53. The van der Waals surface area contributed by atoms with E-state index in [1.165, 1.54) is 24.1 Å². The fraction of sp³-hybridized carbons (Fsp3) is 0.455. The Morgan fingerprint density at radius 1 is 1.43 bits per heavy atom. The van der Waals surface area contributed by atoms with Crippen LogP contribution in [0.4, 0.5) is 5.69 Å². The van der Waals surface area contributed by atoms with Crippen LogP contribution in [0.15, 0.2) is 22.7 Å². The molecule has 0 bridgehead atoms. The highest BCUT2D eigenvalue weighted by Crippen LogP contribution is 2.57. The quantitative estimate of drug-likeness (QED) is 0.746. The molecule has 1 aromatic carbocycles. The first kappa shape index (κ1) is 8.74. The molecule has 0 radical (unpaired) electrons. The van der Waals surface area contributed by atoms with Gasteiger partial charge in [-0.1, -0.05) is 15.9 Å². The Kier molecular flexibility index (Phi) is 1.71. The lowest BCUT2D eigenvalue weighted by atomic mass is 9.86. The SMILES string of the molecule is NC1c2cc(Br)ccc2NCC12CC2. The van der Waals surface area contributed by atoms with Crippen molar-refractivity contribution in [3.05, 3.63) is 28.2 Å². The number of nitrogens with one attached hydrogen (secondary N) is 1. The molecule has 1 aliphatic carbocycles. The molecule has 74 valence electrons. The van der Waals surface area contributed by atoms with Crippen molar-refractivity contribution in [1.82, 2.24) is 0 Å². The maximum absolute atomic E-state index is 6.29. The second-order valence-electron chi connectivity index (χ2n) is 4.43. The number of nitrogens with two attached hydrogens (primary N) is 1. The molecule has 1 saturated carbocycles. The summed E-state index contributed by atoms with van der Waals surface area (Å²) < 4.78 is 1.12. The third kappa shape index (κ3) is 1.12. The van der Waals surface area contributed by atoms with E-state index in [1.807, 2.05) is 0 Å². The lowest BCUT2D eigenvalue weighted by Gasteiger charge is -2.32. The minimum atomic E-state index is 0.219. The maximum atomic E-state index is 6.29. The Morgan fingerprint density at radius 3 is 2.93 bits per heavy atom. The van der Waals surface area contributed by atoms with Gasteiger partial charge in [-0.3, -0.25) is 0 Å². The minimum Gasteiger partial charge on any atom is -0.384 e. The number of hydrogen-bond donors (Lipinski definition) is 2. The first-order chi connectivity index (χ1) is 6.71. The van der Waals surface area contributed by atoms with Crippen LogP contribution < -0.4 is 11.1 Å². The van der Waals surface area contributed by atoms with Crippen LogP contribution in [-0.4, -0.2) is 6.54 Å². The van der Waals surface area contributed by atoms with Crippen LogP contribution in [0.5, 0.6) is 0 Å². The lowest BCUT2D eigenvalue weighted by molar-refractivity contribution is 0.418. The van der Waals surface area contributed by atoms with Crippen molar-refractivity contribution in [1.29, 1.82) is 0 Å². The van der Waals surface area contributed by atoms with Crippen molar-refractivity contribution in [2.75, 3.05) is 11.9 Å². The van der Waals surface area contributed by atoms with E-state index in [4.69, 9.17) is 5.73 Å². The molecule has 14 heavy (non-hydrogen) atoms. The molecular formula is C11H13BrN2. The maximum Gasteiger partial charge on any atom is 0.0390 e.